The zero-order chi connectivity index (χ0) is 38.3. The number of β-amino-alcohol motifs (C(OH)–C–C–N with tert-alkyl or cyclic N) is 1. The molecule has 6 aromatic rings. The van der Waals surface area contributed by atoms with Gasteiger partial charge in [0.05, 0.1) is 47.9 Å². The summed E-state index contributed by atoms with van der Waals surface area (Å²) < 4.78 is 57.4. The summed E-state index contributed by atoms with van der Waals surface area (Å²) in [5.41, 5.74) is 2.11. The van der Waals surface area contributed by atoms with Gasteiger partial charge in [-0.25, -0.2) is 19.9 Å². The average Bonchev–Trinajstić information content (AvgIpc) is 4.02. The molecule has 55 heavy (non-hydrogen) atoms. The van der Waals surface area contributed by atoms with Gasteiger partial charge in [0, 0.05) is 54.8 Å². The van der Waals surface area contributed by atoms with Gasteiger partial charge < -0.3 is 33.2 Å². The Morgan fingerprint density at radius 3 is 2.42 bits per heavy atom. The molecule has 8 heterocycles. The monoisotopic (exact) mass is 778 g/mol. The Hall–Kier alpha value is -6.22. The number of ether oxygens (including phenoxy) is 2. The molecule has 284 valence electrons. The van der Waals surface area contributed by atoms with Gasteiger partial charge >= 0.3 is 6.36 Å². The number of carbonyl (C=O) groups excluding carboxylic acids is 2. The molecule has 17 nitrogen and oxygen atoms in total. The van der Waals surface area contributed by atoms with Gasteiger partial charge in [0.2, 0.25) is 17.7 Å². The molecule has 0 aromatic carbocycles. The number of aliphatic hydroxyl groups excluding tert-OH is 1. The maximum Gasteiger partial charge on any atom is 0.574 e. The van der Waals surface area contributed by atoms with Crippen LogP contribution in [0.25, 0.3) is 5.69 Å². The van der Waals surface area contributed by atoms with Crippen LogP contribution in [0.3, 0.4) is 0 Å². The van der Waals surface area contributed by atoms with Crippen LogP contribution in [0, 0.1) is 0 Å². The van der Waals surface area contributed by atoms with Crippen molar-refractivity contribution in [3.05, 3.63) is 107 Å². The summed E-state index contributed by atoms with van der Waals surface area (Å²) in [6.07, 6.45) is 3.40. The minimum Gasteiger partial charge on any atom is -0.482 e. The van der Waals surface area contributed by atoms with Crippen LogP contribution in [0.2, 0.25) is 0 Å². The molecule has 1 N–H and O–H groups in total. The first kappa shape index (κ1) is 35.8. The Bertz CT molecular complexity index is 2280. The predicted octanol–water partition coefficient (Wildman–Crippen LogP) is 3.79. The van der Waals surface area contributed by atoms with Crippen molar-refractivity contribution in [2.75, 3.05) is 19.6 Å². The fourth-order valence-electron chi connectivity index (χ4n) is 6.21. The molecule has 0 radical (unpaired) electrons. The first-order chi connectivity index (χ1) is 26.5. The van der Waals surface area contributed by atoms with Crippen LogP contribution in [-0.2, 0) is 13.0 Å². The number of nitrogens with zero attached hydrogens (tertiary/aromatic N) is 10. The Balaban J connectivity index is 0.903. The summed E-state index contributed by atoms with van der Waals surface area (Å²) in [5.74, 6) is -1.19. The van der Waals surface area contributed by atoms with E-state index in [1.54, 1.807) is 42.5 Å². The number of amides is 2. The molecule has 21 heteroatoms. The van der Waals surface area contributed by atoms with Crippen LogP contribution < -0.4 is 9.47 Å². The number of aliphatic hydroxyl groups is 1. The molecule has 0 spiro atoms. The number of likely N-dealkylation sites (tertiary alicyclic amines) is 2. The minimum atomic E-state index is -4.87. The average molecular weight is 779 g/mol. The van der Waals surface area contributed by atoms with Crippen LogP contribution in [0.1, 0.15) is 67.9 Å². The van der Waals surface area contributed by atoms with Crippen molar-refractivity contribution in [1.29, 1.82) is 0 Å². The van der Waals surface area contributed by atoms with Crippen molar-refractivity contribution in [2.24, 2.45) is 0 Å². The van der Waals surface area contributed by atoms with Crippen LogP contribution >= 0.6 is 11.3 Å². The Morgan fingerprint density at radius 1 is 0.945 bits per heavy atom. The molecule has 2 amide bonds. The number of halogens is 3. The van der Waals surface area contributed by atoms with Crippen molar-refractivity contribution in [1.82, 2.24) is 49.7 Å². The van der Waals surface area contributed by atoms with E-state index in [0.717, 1.165) is 17.3 Å². The summed E-state index contributed by atoms with van der Waals surface area (Å²) >= 11 is 1.48. The fourth-order valence-corrected chi connectivity index (χ4v) is 7.01. The van der Waals surface area contributed by atoms with Crippen molar-refractivity contribution in [2.45, 2.75) is 50.3 Å². The largest absolute Gasteiger partial charge is 0.574 e. The second kappa shape index (κ2) is 14.5. The second-order valence-electron chi connectivity index (χ2n) is 12.7. The summed E-state index contributed by atoms with van der Waals surface area (Å²) in [5, 5.41) is 21.6. The lowest BCUT2D eigenvalue weighted by Crippen LogP contribution is -2.60. The highest BCUT2D eigenvalue weighted by atomic mass is 32.1. The molecule has 2 aliphatic heterocycles. The van der Waals surface area contributed by atoms with Gasteiger partial charge in [-0.3, -0.25) is 14.6 Å². The van der Waals surface area contributed by atoms with E-state index in [0.29, 0.717) is 36.1 Å². The zero-order valence-electron chi connectivity index (χ0n) is 28.6. The molecule has 0 bridgehead atoms. The summed E-state index contributed by atoms with van der Waals surface area (Å²) in [6, 6.07) is 5.56. The number of pyridine rings is 2. The predicted molar refractivity (Wildman–Crippen MR) is 180 cm³/mol. The van der Waals surface area contributed by atoms with E-state index in [9.17, 15) is 27.9 Å². The molecule has 2 aliphatic rings. The number of alkyl halides is 3. The van der Waals surface area contributed by atoms with Gasteiger partial charge in [0.25, 0.3) is 11.8 Å². The van der Waals surface area contributed by atoms with Gasteiger partial charge in [-0.15, -0.1) is 29.3 Å². The topological polar surface area (TPSA) is 201 Å². The summed E-state index contributed by atoms with van der Waals surface area (Å²) in [7, 11) is 0. The third-order valence-electron chi connectivity index (χ3n) is 9.16. The summed E-state index contributed by atoms with van der Waals surface area (Å²) in [4.78, 5) is 52.0. The molecular formula is C34H29F3N10O7S. The van der Waals surface area contributed by atoms with Crippen LogP contribution in [0.15, 0.2) is 75.8 Å². The Labute approximate surface area is 312 Å². The highest BCUT2D eigenvalue weighted by Gasteiger charge is 2.41. The third-order valence-corrected chi connectivity index (χ3v) is 10.1. The Kier molecular flexibility index (Phi) is 9.47. The lowest BCUT2D eigenvalue weighted by atomic mass is 9.94. The van der Waals surface area contributed by atoms with Gasteiger partial charge in [-0.2, -0.15) is 10.2 Å². The van der Waals surface area contributed by atoms with Gasteiger partial charge in [-0.1, -0.05) is 0 Å². The molecule has 8 rings (SSSR count). The normalized spacial score (nSPS) is 19.7. The van der Waals surface area contributed by atoms with E-state index in [1.807, 2.05) is 5.38 Å². The maximum atomic E-state index is 13.6. The molecule has 2 saturated heterocycles. The molecule has 6 aromatic heterocycles. The smallest absolute Gasteiger partial charge is 0.482 e. The van der Waals surface area contributed by atoms with E-state index >= 15 is 0 Å². The standard InChI is InChI=1S/C34H29F3N10O7S/c1-18-27(48)14-46(18)33(50)26-16-52-29(42-26)8-19-2-3-20(9-39-19)47-41-11-24(44-47)22-12-45(13-23(22)31-38-6-7-55-31)32(49)25-15-53-30(43-25)17-51-21-4-5-28(40-10-21)54-34(35,36)37/h2-7,9-11,15-16,18,22-23,27,48H,8,12-14,17H2,1H3/t18-,22?,23?,27+/m1/s1. The number of hydrogen-bond acceptors (Lipinski definition) is 15. The third kappa shape index (κ3) is 7.74. The van der Waals surface area contributed by atoms with Crippen molar-refractivity contribution in [3.63, 3.8) is 0 Å². The SMILES string of the molecule is C[C@@H]1[C@@H](O)CN1C(=O)c1coc(Cc2ccc(-n3ncc(C4CN(C(=O)c5coc(COc6ccc(OC(F)(F)F)nc6)n5)CC4c4nccs4)n3)cn2)n1. The van der Waals surface area contributed by atoms with Crippen LogP contribution in [-0.4, -0.2) is 105 Å². The quantitative estimate of drug-likeness (QED) is 0.199. The fraction of sp³-hybridized carbons (Fsp3) is 0.324. The van der Waals surface area contributed by atoms with E-state index in [2.05, 4.69) is 34.8 Å². The first-order valence-corrected chi connectivity index (χ1v) is 17.6. The number of hydrogen-bond donors (Lipinski definition) is 1. The van der Waals surface area contributed by atoms with E-state index in [-0.39, 0.29) is 72.3 Å². The number of rotatable bonds is 11. The van der Waals surface area contributed by atoms with Crippen LogP contribution in [0.4, 0.5) is 13.2 Å². The van der Waals surface area contributed by atoms with E-state index < -0.39 is 18.3 Å². The number of carbonyl (C=O) groups is 2. The van der Waals surface area contributed by atoms with E-state index in [4.69, 9.17) is 18.7 Å². The molecule has 4 atom stereocenters. The van der Waals surface area contributed by atoms with Crippen molar-refractivity contribution < 1.29 is 46.2 Å². The number of thiazole rings is 1. The van der Waals surface area contributed by atoms with Crippen molar-refractivity contribution in [3.8, 4) is 17.3 Å². The molecule has 0 aliphatic carbocycles. The maximum absolute atomic E-state index is 13.6. The zero-order valence-corrected chi connectivity index (χ0v) is 29.4. The molecular weight excluding hydrogens is 749 g/mol. The van der Waals surface area contributed by atoms with Gasteiger partial charge in [0.1, 0.15) is 24.0 Å². The second-order valence-corrected chi connectivity index (χ2v) is 13.7. The molecule has 2 unspecified atom stereocenters. The first-order valence-electron chi connectivity index (χ1n) is 16.8. The van der Waals surface area contributed by atoms with E-state index in [1.165, 1.54) is 39.6 Å². The van der Waals surface area contributed by atoms with Crippen LogP contribution in [0.5, 0.6) is 11.6 Å². The molecule has 2 fully saturated rings. The van der Waals surface area contributed by atoms with Gasteiger partial charge in [-0.05, 0) is 25.1 Å². The number of oxazole rings is 2. The minimum absolute atomic E-state index is 0.0529. The van der Waals surface area contributed by atoms with Gasteiger partial charge in [0.15, 0.2) is 18.0 Å². The lowest BCUT2D eigenvalue weighted by Gasteiger charge is -2.42. The molecule has 0 saturated carbocycles. The van der Waals surface area contributed by atoms with Crippen molar-refractivity contribution >= 4 is 23.2 Å². The lowest BCUT2D eigenvalue weighted by molar-refractivity contribution is -0.276. The summed E-state index contributed by atoms with van der Waals surface area (Å²) in [6.45, 7) is 2.46. The number of aromatic nitrogens is 8. The highest BCUT2D eigenvalue weighted by molar-refractivity contribution is 7.09. The Morgan fingerprint density at radius 2 is 1.73 bits per heavy atom. The highest BCUT2D eigenvalue weighted by Crippen LogP contribution is 2.40.